The summed E-state index contributed by atoms with van der Waals surface area (Å²) in [5.41, 5.74) is 4.04. The minimum absolute atomic E-state index is 0.0987. The molecule has 1 N–H and O–H groups in total. The number of rotatable bonds is 9. The zero-order valence-electron chi connectivity index (χ0n) is 18.8. The molecule has 168 valence electrons. The predicted molar refractivity (Wildman–Crippen MR) is 123 cm³/mol. The lowest BCUT2D eigenvalue weighted by Crippen LogP contribution is -2.32. The monoisotopic (exact) mass is 433 g/mol. The quantitative estimate of drug-likeness (QED) is 0.532. The van der Waals surface area contributed by atoms with Gasteiger partial charge in [-0.05, 0) is 43.4 Å². The molecule has 0 saturated carbocycles. The zero-order valence-corrected chi connectivity index (χ0v) is 18.8. The van der Waals surface area contributed by atoms with E-state index in [1.807, 2.05) is 6.07 Å². The Balaban J connectivity index is 1.47. The van der Waals surface area contributed by atoms with Crippen molar-refractivity contribution in [3.05, 3.63) is 89.1 Å². The number of carbonyl (C=O) groups is 1. The van der Waals surface area contributed by atoms with Crippen molar-refractivity contribution in [1.29, 1.82) is 0 Å². The number of oxazole rings is 1. The average molecular weight is 434 g/mol. The molecule has 0 bridgehead atoms. The summed E-state index contributed by atoms with van der Waals surface area (Å²) in [6.07, 6.45) is 3.57. The highest BCUT2D eigenvalue weighted by molar-refractivity contribution is 5.91. The molecule has 2 aromatic carbocycles. The number of carbonyl (C=O) groups excluding carboxylic acids is 1. The topological polar surface area (TPSA) is 67.6 Å². The molecule has 0 unspecified atom stereocenters. The Bertz CT molecular complexity index is 1010. The molecule has 1 saturated heterocycles. The third-order valence-electron chi connectivity index (χ3n) is 6.10. The standard InChI is InChI=1S/C26H31N3O3/c1-19-9-6-7-12-22(19)16-29(20(2)21-10-4-3-5-11-21)17-25-28-24(18-32-25)26(30)27-15-23-13-8-14-31-23/h3-7,9-12,18,20,23H,8,13-17H2,1-2H3,(H,27,30)/t20-,23-/m1/s1. The summed E-state index contributed by atoms with van der Waals surface area (Å²) in [5.74, 6) is 0.306. The molecule has 1 fully saturated rings. The first-order chi connectivity index (χ1) is 15.6. The molecule has 0 aliphatic carbocycles. The van der Waals surface area contributed by atoms with Crippen LogP contribution >= 0.6 is 0 Å². The van der Waals surface area contributed by atoms with E-state index in [-0.39, 0.29) is 18.1 Å². The highest BCUT2D eigenvalue weighted by atomic mass is 16.5. The van der Waals surface area contributed by atoms with Crippen molar-refractivity contribution in [2.24, 2.45) is 0 Å². The van der Waals surface area contributed by atoms with Gasteiger partial charge in [-0.15, -0.1) is 0 Å². The molecule has 0 spiro atoms. The van der Waals surface area contributed by atoms with E-state index in [0.717, 1.165) is 26.0 Å². The fourth-order valence-corrected chi connectivity index (χ4v) is 4.04. The summed E-state index contributed by atoms with van der Waals surface area (Å²) < 4.78 is 11.3. The van der Waals surface area contributed by atoms with E-state index in [4.69, 9.17) is 9.15 Å². The summed E-state index contributed by atoms with van der Waals surface area (Å²) in [4.78, 5) is 19.3. The van der Waals surface area contributed by atoms with E-state index in [1.54, 1.807) is 0 Å². The van der Waals surface area contributed by atoms with Gasteiger partial charge in [0.25, 0.3) is 5.91 Å². The number of aromatic nitrogens is 1. The van der Waals surface area contributed by atoms with Crippen LogP contribution in [0.2, 0.25) is 0 Å². The van der Waals surface area contributed by atoms with Crippen LogP contribution in [0.3, 0.4) is 0 Å². The zero-order chi connectivity index (χ0) is 22.3. The smallest absolute Gasteiger partial charge is 0.273 e. The number of nitrogens with zero attached hydrogens (tertiary/aromatic N) is 2. The molecule has 6 nitrogen and oxygen atoms in total. The SMILES string of the molecule is Cc1ccccc1CN(Cc1nc(C(=O)NC[C@H]2CCCO2)co1)[C@H](C)c1ccccc1. The minimum Gasteiger partial charge on any atom is -0.447 e. The normalized spacial score (nSPS) is 16.9. The lowest BCUT2D eigenvalue weighted by atomic mass is 10.0. The van der Waals surface area contributed by atoms with Crippen molar-refractivity contribution in [2.75, 3.05) is 13.2 Å². The summed E-state index contributed by atoms with van der Waals surface area (Å²) in [6.45, 7) is 6.85. The summed E-state index contributed by atoms with van der Waals surface area (Å²) in [7, 11) is 0. The van der Waals surface area contributed by atoms with Crippen molar-refractivity contribution in [3.63, 3.8) is 0 Å². The maximum atomic E-state index is 12.5. The first-order valence-corrected chi connectivity index (χ1v) is 11.3. The molecule has 6 heteroatoms. The average Bonchev–Trinajstić information content (AvgIpc) is 3.51. The van der Waals surface area contributed by atoms with Gasteiger partial charge in [0.05, 0.1) is 12.6 Å². The molecular weight excluding hydrogens is 402 g/mol. The maximum absolute atomic E-state index is 12.5. The second-order valence-electron chi connectivity index (χ2n) is 8.39. The van der Waals surface area contributed by atoms with Gasteiger partial charge >= 0.3 is 0 Å². The maximum Gasteiger partial charge on any atom is 0.273 e. The lowest BCUT2D eigenvalue weighted by molar-refractivity contribution is 0.0853. The van der Waals surface area contributed by atoms with Gasteiger partial charge in [-0.25, -0.2) is 4.98 Å². The van der Waals surface area contributed by atoms with Crippen LogP contribution in [0.4, 0.5) is 0 Å². The predicted octanol–water partition coefficient (Wildman–Crippen LogP) is 4.66. The number of hydrogen-bond donors (Lipinski definition) is 1. The summed E-state index contributed by atoms with van der Waals surface area (Å²) in [5, 5.41) is 2.90. The number of benzene rings is 2. The van der Waals surface area contributed by atoms with Crippen molar-refractivity contribution in [3.8, 4) is 0 Å². The lowest BCUT2D eigenvalue weighted by Gasteiger charge is -2.29. The Morgan fingerprint density at radius 3 is 2.69 bits per heavy atom. The van der Waals surface area contributed by atoms with Crippen molar-refractivity contribution < 1.29 is 13.9 Å². The molecule has 1 aromatic heterocycles. The molecule has 0 radical (unpaired) electrons. The Labute approximate surface area is 189 Å². The number of hydrogen-bond acceptors (Lipinski definition) is 5. The second-order valence-corrected chi connectivity index (χ2v) is 8.39. The molecule has 4 rings (SSSR count). The van der Waals surface area contributed by atoms with E-state index in [0.29, 0.717) is 24.7 Å². The Hall–Kier alpha value is -2.96. The van der Waals surface area contributed by atoms with E-state index < -0.39 is 0 Å². The van der Waals surface area contributed by atoms with Gasteiger partial charge in [0, 0.05) is 25.7 Å². The number of ether oxygens (including phenoxy) is 1. The molecule has 2 atom stereocenters. The number of aryl methyl sites for hydroxylation is 1. The molecule has 2 heterocycles. The second kappa shape index (κ2) is 10.6. The Morgan fingerprint density at radius 2 is 1.94 bits per heavy atom. The van der Waals surface area contributed by atoms with Crippen molar-refractivity contribution in [1.82, 2.24) is 15.2 Å². The van der Waals surface area contributed by atoms with Gasteiger partial charge < -0.3 is 14.5 Å². The van der Waals surface area contributed by atoms with Crippen LogP contribution in [0, 0.1) is 6.92 Å². The summed E-state index contributed by atoms with van der Waals surface area (Å²) >= 11 is 0. The van der Waals surface area contributed by atoms with E-state index in [1.165, 1.54) is 23.0 Å². The molecule has 1 amide bonds. The highest BCUT2D eigenvalue weighted by Gasteiger charge is 2.22. The van der Waals surface area contributed by atoms with Crippen LogP contribution in [0.1, 0.15) is 58.9 Å². The molecular formula is C26H31N3O3. The van der Waals surface area contributed by atoms with Gasteiger partial charge in [0.2, 0.25) is 5.89 Å². The minimum atomic E-state index is -0.225. The van der Waals surface area contributed by atoms with Gasteiger partial charge in [-0.2, -0.15) is 0 Å². The summed E-state index contributed by atoms with van der Waals surface area (Å²) in [6, 6.07) is 19.0. The molecule has 32 heavy (non-hydrogen) atoms. The van der Waals surface area contributed by atoms with E-state index in [9.17, 15) is 4.79 Å². The third-order valence-corrected chi connectivity index (χ3v) is 6.10. The number of nitrogens with one attached hydrogen (secondary N) is 1. The van der Waals surface area contributed by atoms with Crippen molar-refractivity contribution >= 4 is 5.91 Å². The van der Waals surface area contributed by atoms with Gasteiger partial charge in [0.1, 0.15) is 6.26 Å². The van der Waals surface area contributed by atoms with Gasteiger partial charge in [-0.3, -0.25) is 9.69 Å². The Morgan fingerprint density at radius 1 is 1.16 bits per heavy atom. The van der Waals surface area contributed by atoms with Gasteiger partial charge in [0.15, 0.2) is 5.69 Å². The van der Waals surface area contributed by atoms with Crippen LogP contribution in [-0.2, 0) is 17.8 Å². The molecule has 1 aliphatic heterocycles. The highest BCUT2D eigenvalue weighted by Crippen LogP contribution is 2.25. The molecule has 1 aliphatic rings. The molecule has 3 aromatic rings. The van der Waals surface area contributed by atoms with E-state index in [2.05, 4.69) is 77.6 Å². The van der Waals surface area contributed by atoms with Crippen LogP contribution < -0.4 is 5.32 Å². The number of amides is 1. The van der Waals surface area contributed by atoms with Crippen LogP contribution in [0.25, 0.3) is 0 Å². The third kappa shape index (κ3) is 5.64. The largest absolute Gasteiger partial charge is 0.447 e. The Kier molecular flexibility index (Phi) is 7.35. The van der Waals surface area contributed by atoms with Crippen LogP contribution in [-0.4, -0.2) is 35.0 Å². The van der Waals surface area contributed by atoms with Crippen LogP contribution in [0.15, 0.2) is 65.3 Å². The van der Waals surface area contributed by atoms with Crippen molar-refractivity contribution in [2.45, 2.75) is 51.9 Å². The van der Waals surface area contributed by atoms with Gasteiger partial charge in [-0.1, -0.05) is 54.6 Å². The first kappa shape index (κ1) is 22.2. The fraction of sp³-hybridized carbons (Fsp3) is 0.385. The fourth-order valence-electron chi connectivity index (χ4n) is 4.04. The first-order valence-electron chi connectivity index (χ1n) is 11.3. The van der Waals surface area contributed by atoms with E-state index >= 15 is 0 Å². The van der Waals surface area contributed by atoms with Crippen LogP contribution in [0.5, 0.6) is 0 Å².